The molecule has 0 fully saturated rings. The lowest BCUT2D eigenvalue weighted by atomic mass is 10.2. The van der Waals surface area contributed by atoms with Crippen molar-refractivity contribution < 1.29 is 14.2 Å². The minimum Gasteiger partial charge on any atom is -0.439 e. The van der Waals surface area contributed by atoms with Crippen LogP contribution in [0.25, 0.3) is 10.9 Å². The van der Waals surface area contributed by atoms with Crippen molar-refractivity contribution in [3.8, 4) is 17.4 Å². The average Bonchev–Trinajstić information content (AvgIpc) is 2.42. The van der Waals surface area contributed by atoms with Crippen LogP contribution in [-0.2, 0) is 5.11 Å². The number of ether oxygens (including phenoxy) is 1. The third-order valence-corrected chi connectivity index (χ3v) is 2.67. The normalized spacial score (nSPS) is 10.6. The fraction of sp³-hybridized carbons (Fsp3) is 0. The van der Waals surface area contributed by atoms with Gasteiger partial charge in [0.2, 0.25) is 5.88 Å². The van der Waals surface area contributed by atoms with Crippen LogP contribution in [0.1, 0.15) is 0 Å². The first-order chi connectivity index (χ1) is 9.20. The zero-order chi connectivity index (χ0) is 13.2. The molecule has 0 aliphatic heterocycles. The molecule has 4 heteroatoms. The maximum absolute atomic E-state index is 13.0. The maximum atomic E-state index is 13.0. The number of hydrogen-bond donors (Lipinski definition) is 0. The highest BCUT2D eigenvalue weighted by molar-refractivity contribution is 5.79. The van der Waals surface area contributed by atoms with Crippen molar-refractivity contribution in [1.82, 2.24) is 4.98 Å². The maximum Gasteiger partial charge on any atom is 0.219 e. The van der Waals surface area contributed by atoms with Gasteiger partial charge in [-0.05, 0) is 48.5 Å². The van der Waals surface area contributed by atoms with E-state index in [9.17, 15) is 9.50 Å². The Morgan fingerprint density at radius 3 is 2.53 bits per heavy atom. The van der Waals surface area contributed by atoms with Gasteiger partial charge in [-0.25, -0.2) is 9.37 Å². The minimum absolute atomic E-state index is 0.0747. The van der Waals surface area contributed by atoms with Crippen molar-refractivity contribution in [3.05, 3.63) is 60.4 Å². The molecule has 0 atom stereocenters. The standard InChI is InChI=1S/C15H9FNO2/c16-11-2-7-14-10(9-11)1-8-15(17-14)19-13-5-3-12(18)4-6-13/h1-9H. The van der Waals surface area contributed by atoms with E-state index in [0.717, 1.165) is 0 Å². The summed E-state index contributed by atoms with van der Waals surface area (Å²) in [5, 5.41) is 11.7. The number of aromatic nitrogens is 1. The van der Waals surface area contributed by atoms with Gasteiger partial charge in [0.15, 0.2) is 5.75 Å². The number of fused-ring (bicyclic) bond motifs is 1. The molecule has 0 spiro atoms. The van der Waals surface area contributed by atoms with Crippen molar-refractivity contribution in [2.45, 2.75) is 0 Å². The van der Waals surface area contributed by atoms with Crippen LogP contribution >= 0.6 is 0 Å². The lowest BCUT2D eigenvalue weighted by Crippen LogP contribution is -1.88. The number of halogens is 1. The van der Waals surface area contributed by atoms with Crippen LogP contribution in [0, 0.1) is 5.82 Å². The molecule has 0 aliphatic rings. The van der Waals surface area contributed by atoms with Crippen molar-refractivity contribution in [3.63, 3.8) is 0 Å². The van der Waals surface area contributed by atoms with E-state index >= 15 is 0 Å². The summed E-state index contributed by atoms with van der Waals surface area (Å²) in [4.78, 5) is 4.27. The quantitative estimate of drug-likeness (QED) is 0.683. The Morgan fingerprint density at radius 2 is 1.74 bits per heavy atom. The molecule has 1 heterocycles. The van der Waals surface area contributed by atoms with Crippen LogP contribution in [0.15, 0.2) is 54.6 Å². The largest absolute Gasteiger partial charge is 0.439 e. The van der Waals surface area contributed by atoms with Gasteiger partial charge in [-0.2, -0.15) is 0 Å². The molecule has 0 bridgehead atoms. The third kappa shape index (κ3) is 2.47. The first-order valence-electron chi connectivity index (χ1n) is 5.72. The van der Waals surface area contributed by atoms with Crippen LogP contribution in [0.4, 0.5) is 4.39 Å². The highest BCUT2D eigenvalue weighted by Crippen LogP contribution is 2.24. The van der Waals surface area contributed by atoms with E-state index in [2.05, 4.69) is 4.98 Å². The van der Waals surface area contributed by atoms with Crippen LogP contribution in [0.3, 0.4) is 0 Å². The summed E-state index contributed by atoms with van der Waals surface area (Å²) in [7, 11) is 0. The highest BCUT2D eigenvalue weighted by atomic mass is 19.1. The molecule has 3 nitrogen and oxygen atoms in total. The summed E-state index contributed by atoms with van der Waals surface area (Å²) < 4.78 is 18.6. The second-order valence-corrected chi connectivity index (χ2v) is 4.06. The Bertz CT molecular complexity index is 726. The Hall–Kier alpha value is -2.62. The number of nitrogens with zero attached hydrogens (tertiary/aromatic N) is 1. The van der Waals surface area contributed by atoms with E-state index in [0.29, 0.717) is 22.5 Å². The number of pyridine rings is 1. The lowest BCUT2D eigenvalue weighted by molar-refractivity contribution is 0.353. The summed E-state index contributed by atoms with van der Waals surface area (Å²) >= 11 is 0. The molecular weight excluding hydrogens is 245 g/mol. The van der Waals surface area contributed by atoms with Gasteiger partial charge in [-0.15, -0.1) is 0 Å². The molecular formula is C15H9FNO2. The van der Waals surface area contributed by atoms with Gasteiger partial charge in [0, 0.05) is 11.5 Å². The second-order valence-electron chi connectivity index (χ2n) is 4.06. The van der Waals surface area contributed by atoms with Gasteiger partial charge < -0.3 is 4.74 Å². The molecule has 2 aromatic carbocycles. The van der Waals surface area contributed by atoms with E-state index in [-0.39, 0.29) is 11.6 Å². The predicted octanol–water partition coefficient (Wildman–Crippen LogP) is 4.31. The average molecular weight is 254 g/mol. The van der Waals surface area contributed by atoms with Gasteiger partial charge >= 0.3 is 0 Å². The third-order valence-electron chi connectivity index (χ3n) is 2.67. The Balaban J connectivity index is 1.93. The Labute approximate surface area is 108 Å². The van der Waals surface area contributed by atoms with Crippen molar-refractivity contribution in [2.24, 2.45) is 0 Å². The summed E-state index contributed by atoms with van der Waals surface area (Å²) in [6.07, 6.45) is 0. The summed E-state index contributed by atoms with van der Waals surface area (Å²) in [6, 6.07) is 13.8. The monoisotopic (exact) mass is 254 g/mol. The molecule has 1 radical (unpaired) electrons. The zero-order valence-electron chi connectivity index (χ0n) is 9.84. The predicted molar refractivity (Wildman–Crippen MR) is 68.3 cm³/mol. The molecule has 3 rings (SSSR count). The molecule has 93 valence electrons. The molecule has 19 heavy (non-hydrogen) atoms. The van der Waals surface area contributed by atoms with E-state index in [1.54, 1.807) is 30.3 Å². The summed E-state index contributed by atoms with van der Waals surface area (Å²) in [5.41, 5.74) is 0.652. The van der Waals surface area contributed by atoms with Crippen LogP contribution in [0.2, 0.25) is 0 Å². The SMILES string of the molecule is [O]c1ccc(Oc2ccc3cc(F)ccc3n2)cc1. The molecule has 0 saturated heterocycles. The Kier molecular flexibility index (Phi) is 2.76. The molecule has 0 aliphatic carbocycles. The number of benzene rings is 2. The van der Waals surface area contributed by atoms with E-state index in [1.807, 2.05) is 0 Å². The zero-order valence-corrected chi connectivity index (χ0v) is 9.84. The van der Waals surface area contributed by atoms with Crippen LogP contribution < -0.4 is 4.74 Å². The topological polar surface area (TPSA) is 42.0 Å². The van der Waals surface area contributed by atoms with E-state index in [4.69, 9.17) is 4.74 Å². The lowest BCUT2D eigenvalue weighted by Gasteiger charge is -2.05. The summed E-state index contributed by atoms with van der Waals surface area (Å²) in [5.74, 6) is 0.564. The molecule has 1 aromatic heterocycles. The Morgan fingerprint density at radius 1 is 0.947 bits per heavy atom. The van der Waals surface area contributed by atoms with Crippen molar-refractivity contribution >= 4 is 10.9 Å². The van der Waals surface area contributed by atoms with E-state index < -0.39 is 0 Å². The second kappa shape index (κ2) is 4.57. The molecule has 0 N–H and O–H groups in total. The van der Waals surface area contributed by atoms with E-state index in [1.165, 1.54) is 24.3 Å². The molecule has 0 amide bonds. The first-order valence-corrected chi connectivity index (χ1v) is 5.72. The van der Waals surface area contributed by atoms with Crippen molar-refractivity contribution in [1.29, 1.82) is 0 Å². The highest BCUT2D eigenvalue weighted by Gasteiger charge is 2.02. The fourth-order valence-corrected chi connectivity index (χ4v) is 1.76. The minimum atomic E-state index is -0.297. The van der Waals surface area contributed by atoms with Gasteiger partial charge in [0.1, 0.15) is 11.6 Å². The van der Waals surface area contributed by atoms with Crippen molar-refractivity contribution in [2.75, 3.05) is 0 Å². The van der Waals surface area contributed by atoms with Gasteiger partial charge in [-0.3, -0.25) is 5.11 Å². The van der Waals surface area contributed by atoms with Crippen LogP contribution in [0.5, 0.6) is 17.4 Å². The van der Waals surface area contributed by atoms with Gasteiger partial charge in [-0.1, -0.05) is 0 Å². The van der Waals surface area contributed by atoms with Gasteiger partial charge in [0.05, 0.1) is 5.52 Å². The smallest absolute Gasteiger partial charge is 0.219 e. The molecule has 0 unspecified atom stereocenters. The molecule has 3 aromatic rings. The first kappa shape index (κ1) is 11.5. The van der Waals surface area contributed by atoms with Gasteiger partial charge in [0.25, 0.3) is 0 Å². The van der Waals surface area contributed by atoms with Crippen LogP contribution in [-0.4, -0.2) is 4.98 Å². The fourth-order valence-electron chi connectivity index (χ4n) is 1.76. The molecule has 0 saturated carbocycles. The number of hydrogen-bond acceptors (Lipinski definition) is 2. The number of rotatable bonds is 2. The summed E-state index contributed by atoms with van der Waals surface area (Å²) in [6.45, 7) is 0.